The van der Waals surface area contributed by atoms with Crippen molar-refractivity contribution in [3.05, 3.63) is 17.8 Å². The maximum atomic E-state index is 10.9. The molecule has 1 fully saturated rings. The molecule has 0 spiro atoms. The van der Waals surface area contributed by atoms with Crippen molar-refractivity contribution in [1.29, 1.82) is 0 Å². The van der Waals surface area contributed by atoms with Gasteiger partial charge in [0, 0.05) is 38.9 Å². The molecule has 7 heteroatoms. The second-order valence-electron chi connectivity index (χ2n) is 6.02. The first kappa shape index (κ1) is 15.5. The zero-order chi connectivity index (χ0) is 15.6. The average Bonchev–Trinajstić information content (AvgIpc) is 2.38. The first-order valence-electron chi connectivity index (χ1n) is 6.95. The van der Waals surface area contributed by atoms with Gasteiger partial charge < -0.3 is 20.8 Å². The van der Waals surface area contributed by atoms with E-state index in [1.807, 2.05) is 4.90 Å². The molecule has 1 aliphatic heterocycles. The van der Waals surface area contributed by atoms with Crippen molar-refractivity contribution in [3.63, 3.8) is 0 Å². The summed E-state index contributed by atoms with van der Waals surface area (Å²) in [7, 11) is 0. The van der Waals surface area contributed by atoms with E-state index in [2.05, 4.69) is 9.88 Å². The number of rotatable bonds is 4. The number of carboxylic acid groups (broad SMARTS) is 1. The fourth-order valence-electron chi connectivity index (χ4n) is 2.52. The number of anilines is 2. The highest BCUT2D eigenvalue weighted by atomic mass is 16.4. The number of aromatic nitrogens is 1. The van der Waals surface area contributed by atoms with Crippen LogP contribution in [0.3, 0.4) is 0 Å². The molecule has 2 heterocycles. The quantitative estimate of drug-likeness (QED) is 0.731. The molecule has 0 unspecified atom stereocenters. The van der Waals surface area contributed by atoms with Gasteiger partial charge in [-0.1, -0.05) is 0 Å². The van der Waals surface area contributed by atoms with Crippen LogP contribution >= 0.6 is 0 Å². The molecule has 1 aromatic rings. The number of hydrogen-bond donors (Lipinski definition) is 3. The van der Waals surface area contributed by atoms with Crippen molar-refractivity contribution in [3.8, 4) is 0 Å². The minimum absolute atomic E-state index is 0.0944. The molecule has 0 aliphatic carbocycles. The first-order chi connectivity index (χ1) is 9.76. The molecule has 0 saturated carbocycles. The average molecular weight is 294 g/mol. The van der Waals surface area contributed by atoms with Crippen LogP contribution in [0.5, 0.6) is 0 Å². The number of aliphatic hydroxyl groups is 1. The molecule has 116 valence electrons. The second kappa shape index (κ2) is 5.87. The number of nitrogens with zero attached hydrogens (tertiary/aromatic N) is 3. The van der Waals surface area contributed by atoms with Crippen LogP contribution in [0.2, 0.25) is 0 Å². The van der Waals surface area contributed by atoms with E-state index in [9.17, 15) is 9.90 Å². The monoisotopic (exact) mass is 294 g/mol. The van der Waals surface area contributed by atoms with E-state index in [0.717, 1.165) is 26.2 Å². The number of hydrogen-bond acceptors (Lipinski definition) is 6. The second-order valence-corrected chi connectivity index (χ2v) is 6.02. The summed E-state index contributed by atoms with van der Waals surface area (Å²) in [6.45, 7) is 7.34. The molecule has 21 heavy (non-hydrogen) atoms. The Morgan fingerprint density at radius 3 is 2.48 bits per heavy atom. The number of nitrogens with two attached hydrogens (primary N) is 1. The maximum Gasteiger partial charge on any atom is 0.337 e. The van der Waals surface area contributed by atoms with Crippen molar-refractivity contribution in [2.24, 2.45) is 0 Å². The summed E-state index contributed by atoms with van der Waals surface area (Å²) in [6.07, 6.45) is 1.33. The third-order valence-electron chi connectivity index (χ3n) is 3.42. The van der Waals surface area contributed by atoms with Gasteiger partial charge in [-0.15, -0.1) is 0 Å². The Hall–Kier alpha value is -1.86. The van der Waals surface area contributed by atoms with Gasteiger partial charge in [-0.25, -0.2) is 9.78 Å². The molecular weight excluding hydrogens is 272 g/mol. The van der Waals surface area contributed by atoms with Crippen LogP contribution in [0.1, 0.15) is 24.2 Å². The van der Waals surface area contributed by atoms with Gasteiger partial charge in [-0.2, -0.15) is 0 Å². The minimum atomic E-state index is -1.03. The standard InChI is InChI=1S/C14H22N4O3/c1-14(2,21)9-17-3-5-18(6-4-17)12-11(15)7-10(8-16-12)13(19)20/h7-8,21H,3-6,9,15H2,1-2H3,(H,19,20). The van der Waals surface area contributed by atoms with Gasteiger partial charge >= 0.3 is 5.97 Å². The van der Waals surface area contributed by atoms with Crippen LogP contribution in [-0.2, 0) is 0 Å². The van der Waals surface area contributed by atoms with Gasteiger partial charge in [0.15, 0.2) is 5.82 Å². The van der Waals surface area contributed by atoms with Crippen molar-refractivity contribution in [1.82, 2.24) is 9.88 Å². The molecule has 2 rings (SSSR count). The lowest BCUT2D eigenvalue weighted by Crippen LogP contribution is -2.50. The number of piperazine rings is 1. The lowest BCUT2D eigenvalue weighted by molar-refractivity contribution is 0.0344. The topological polar surface area (TPSA) is 103 Å². The summed E-state index contributed by atoms with van der Waals surface area (Å²) >= 11 is 0. The Labute approximate surface area is 124 Å². The van der Waals surface area contributed by atoms with Gasteiger partial charge in [0.2, 0.25) is 0 Å². The van der Waals surface area contributed by atoms with Crippen LogP contribution in [0, 0.1) is 0 Å². The van der Waals surface area contributed by atoms with Gasteiger partial charge in [-0.3, -0.25) is 4.90 Å². The lowest BCUT2D eigenvalue weighted by atomic mass is 10.1. The highest BCUT2D eigenvalue weighted by Gasteiger charge is 2.24. The van der Waals surface area contributed by atoms with E-state index < -0.39 is 11.6 Å². The molecule has 0 amide bonds. The van der Waals surface area contributed by atoms with Gasteiger partial charge in [0.25, 0.3) is 0 Å². The van der Waals surface area contributed by atoms with Gasteiger partial charge in [0.05, 0.1) is 16.9 Å². The van der Waals surface area contributed by atoms with Crippen LogP contribution in [-0.4, -0.2) is 64.4 Å². The molecular formula is C14H22N4O3. The summed E-state index contributed by atoms with van der Waals surface area (Å²) < 4.78 is 0. The summed E-state index contributed by atoms with van der Waals surface area (Å²) in [5.41, 5.74) is 5.67. The van der Waals surface area contributed by atoms with E-state index in [-0.39, 0.29) is 5.56 Å². The number of pyridine rings is 1. The molecule has 1 aliphatic rings. The largest absolute Gasteiger partial charge is 0.478 e. The van der Waals surface area contributed by atoms with E-state index in [1.54, 1.807) is 13.8 Å². The number of nitrogen functional groups attached to an aromatic ring is 1. The Kier molecular flexibility index (Phi) is 4.34. The van der Waals surface area contributed by atoms with Crippen LogP contribution in [0.25, 0.3) is 0 Å². The highest BCUT2D eigenvalue weighted by Crippen LogP contribution is 2.22. The van der Waals surface area contributed by atoms with Gasteiger partial charge in [0.1, 0.15) is 0 Å². The number of carboxylic acids is 1. The van der Waals surface area contributed by atoms with E-state index in [1.165, 1.54) is 12.3 Å². The van der Waals surface area contributed by atoms with Crippen molar-refractivity contribution in [2.45, 2.75) is 19.4 Å². The first-order valence-corrected chi connectivity index (χ1v) is 6.95. The van der Waals surface area contributed by atoms with Crippen molar-refractivity contribution >= 4 is 17.5 Å². The zero-order valence-electron chi connectivity index (χ0n) is 12.4. The molecule has 0 bridgehead atoms. The third kappa shape index (κ3) is 4.05. The summed E-state index contributed by atoms with van der Waals surface area (Å²) in [5.74, 6) is -0.404. The fourth-order valence-corrected chi connectivity index (χ4v) is 2.52. The van der Waals surface area contributed by atoms with Crippen LogP contribution in [0.15, 0.2) is 12.3 Å². The molecule has 1 saturated heterocycles. The van der Waals surface area contributed by atoms with Crippen LogP contribution in [0.4, 0.5) is 11.5 Å². The molecule has 0 atom stereocenters. The predicted molar refractivity (Wildman–Crippen MR) is 80.6 cm³/mol. The van der Waals surface area contributed by atoms with Gasteiger partial charge in [-0.05, 0) is 19.9 Å². The number of aromatic carboxylic acids is 1. The van der Waals surface area contributed by atoms with E-state index in [0.29, 0.717) is 18.1 Å². The Morgan fingerprint density at radius 1 is 1.38 bits per heavy atom. The minimum Gasteiger partial charge on any atom is -0.478 e. The summed E-state index contributed by atoms with van der Waals surface area (Å²) in [6, 6.07) is 1.44. The Morgan fingerprint density at radius 2 is 2.00 bits per heavy atom. The van der Waals surface area contributed by atoms with Crippen molar-refractivity contribution in [2.75, 3.05) is 43.4 Å². The molecule has 4 N–H and O–H groups in total. The fraction of sp³-hybridized carbons (Fsp3) is 0.571. The molecule has 1 aromatic heterocycles. The highest BCUT2D eigenvalue weighted by molar-refractivity contribution is 5.89. The molecule has 7 nitrogen and oxygen atoms in total. The SMILES string of the molecule is CC(C)(O)CN1CCN(c2ncc(C(=O)O)cc2N)CC1. The number of β-amino-alcohol motifs (C(OH)–C–C–N with tert-alkyl or cyclic N) is 1. The Balaban J connectivity index is 2.01. The smallest absolute Gasteiger partial charge is 0.337 e. The van der Waals surface area contributed by atoms with E-state index >= 15 is 0 Å². The van der Waals surface area contributed by atoms with Crippen LogP contribution < -0.4 is 10.6 Å². The number of carbonyl (C=O) groups is 1. The molecule has 0 aromatic carbocycles. The lowest BCUT2D eigenvalue weighted by Gasteiger charge is -2.38. The predicted octanol–water partition coefficient (Wildman–Crippen LogP) is 0.255. The third-order valence-corrected chi connectivity index (χ3v) is 3.42. The van der Waals surface area contributed by atoms with E-state index in [4.69, 9.17) is 10.8 Å². The maximum absolute atomic E-state index is 10.9. The summed E-state index contributed by atoms with van der Waals surface area (Å²) in [4.78, 5) is 19.3. The zero-order valence-corrected chi connectivity index (χ0v) is 12.4. The molecule has 0 radical (unpaired) electrons. The Bertz CT molecular complexity index is 519. The normalized spacial score (nSPS) is 17.0. The van der Waals surface area contributed by atoms with Crippen molar-refractivity contribution < 1.29 is 15.0 Å². The summed E-state index contributed by atoms with van der Waals surface area (Å²) in [5, 5.41) is 18.8.